The van der Waals surface area contributed by atoms with E-state index >= 15 is 0 Å². The Labute approximate surface area is 205 Å². The van der Waals surface area contributed by atoms with Crippen molar-refractivity contribution >= 4 is 28.7 Å². The highest BCUT2D eigenvalue weighted by molar-refractivity contribution is 6.05. The number of aromatic nitrogens is 2. The molecule has 0 aliphatic rings. The summed E-state index contributed by atoms with van der Waals surface area (Å²) in [5.41, 5.74) is -3.94. The van der Waals surface area contributed by atoms with Crippen molar-refractivity contribution in [1.82, 2.24) is 9.55 Å². The van der Waals surface area contributed by atoms with Gasteiger partial charge in [0.2, 0.25) is 0 Å². The Morgan fingerprint density at radius 2 is 1.70 bits per heavy atom. The molecular weight excluding hydrogens is 508 g/mol. The van der Waals surface area contributed by atoms with E-state index in [0.29, 0.717) is 12.1 Å². The quantitative estimate of drug-likeness (QED) is 0.139. The number of rotatable bonds is 6. The predicted molar refractivity (Wildman–Crippen MR) is 116 cm³/mol. The summed E-state index contributed by atoms with van der Waals surface area (Å²) in [7, 11) is 0. The van der Waals surface area contributed by atoms with Crippen molar-refractivity contribution in [2.75, 3.05) is 6.61 Å². The molecule has 0 radical (unpaired) electrons. The van der Waals surface area contributed by atoms with Crippen LogP contribution in [0.2, 0.25) is 0 Å². The van der Waals surface area contributed by atoms with Crippen molar-refractivity contribution in [2.45, 2.75) is 32.7 Å². The number of nitriles is 1. The molecule has 3 aromatic rings. The Balaban J connectivity index is 2.25. The van der Waals surface area contributed by atoms with Crippen molar-refractivity contribution in [1.29, 1.82) is 5.26 Å². The number of hydrogen-bond donors (Lipinski definition) is 0. The highest BCUT2D eigenvalue weighted by Gasteiger charge is 2.37. The first kappa shape index (κ1) is 27.3. The van der Waals surface area contributed by atoms with Crippen LogP contribution in [0.5, 0.6) is 0 Å². The number of fused-ring (bicyclic) bond motifs is 1. The SMILES string of the molecule is CCOC(=O)/C(C#N)=C(\OC(C)=O)c1cn(Cc2cc(C(F)(F)F)cc(C(F)(F)F)c2)c2ncccc12. The van der Waals surface area contributed by atoms with Gasteiger partial charge in [-0.15, -0.1) is 0 Å². The van der Waals surface area contributed by atoms with Gasteiger partial charge >= 0.3 is 24.3 Å². The fraction of sp³-hybridized carbons (Fsp3) is 0.250. The van der Waals surface area contributed by atoms with Gasteiger partial charge < -0.3 is 14.0 Å². The molecule has 0 saturated carbocycles. The minimum absolute atomic E-state index is 0.0149. The summed E-state index contributed by atoms with van der Waals surface area (Å²) >= 11 is 0. The predicted octanol–water partition coefficient (Wildman–Crippen LogP) is 5.48. The van der Waals surface area contributed by atoms with Gasteiger partial charge in [0.1, 0.15) is 11.7 Å². The Morgan fingerprint density at radius 3 is 2.22 bits per heavy atom. The van der Waals surface area contributed by atoms with Crippen LogP contribution in [-0.2, 0) is 38.0 Å². The van der Waals surface area contributed by atoms with Gasteiger partial charge in [-0.1, -0.05) is 0 Å². The van der Waals surface area contributed by atoms with Crippen molar-refractivity contribution < 1.29 is 45.4 Å². The smallest absolute Gasteiger partial charge is 0.416 e. The van der Waals surface area contributed by atoms with Crippen LogP contribution in [-0.4, -0.2) is 28.1 Å². The minimum Gasteiger partial charge on any atom is -0.462 e. The lowest BCUT2D eigenvalue weighted by atomic mass is 10.0. The molecule has 0 bridgehead atoms. The molecule has 2 aromatic heterocycles. The molecule has 7 nitrogen and oxygen atoms in total. The average molecular weight is 525 g/mol. The second-order valence-electron chi connectivity index (χ2n) is 7.59. The number of carbonyl (C=O) groups excluding carboxylic acids is 2. The molecule has 194 valence electrons. The molecule has 0 amide bonds. The maximum atomic E-state index is 13.3. The third-order valence-corrected chi connectivity index (χ3v) is 4.94. The maximum Gasteiger partial charge on any atom is 0.416 e. The Morgan fingerprint density at radius 1 is 1.08 bits per heavy atom. The molecule has 13 heteroatoms. The summed E-state index contributed by atoms with van der Waals surface area (Å²) in [5, 5.41) is 9.77. The second-order valence-corrected chi connectivity index (χ2v) is 7.59. The molecule has 2 heterocycles. The molecule has 37 heavy (non-hydrogen) atoms. The average Bonchev–Trinajstić information content (AvgIpc) is 3.16. The van der Waals surface area contributed by atoms with Gasteiger partial charge in [0.05, 0.1) is 17.7 Å². The molecule has 0 spiro atoms. The third kappa shape index (κ3) is 6.08. The van der Waals surface area contributed by atoms with Crippen LogP contribution in [0.1, 0.15) is 36.1 Å². The van der Waals surface area contributed by atoms with Crippen molar-refractivity contribution in [3.05, 3.63) is 70.6 Å². The van der Waals surface area contributed by atoms with Gasteiger partial charge in [0, 0.05) is 36.8 Å². The van der Waals surface area contributed by atoms with Gasteiger partial charge in [-0.2, -0.15) is 31.6 Å². The van der Waals surface area contributed by atoms with E-state index in [1.807, 2.05) is 0 Å². The maximum absolute atomic E-state index is 13.3. The number of alkyl halides is 6. The van der Waals surface area contributed by atoms with E-state index in [1.54, 1.807) is 6.07 Å². The van der Waals surface area contributed by atoms with E-state index in [1.165, 1.54) is 36.0 Å². The first-order valence-electron chi connectivity index (χ1n) is 10.5. The summed E-state index contributed by atoms with van der Waals surface area (Å²) in [5.74, 6) is -2.49. The first-order valence-corrected chi connectivity index (χ1v) is 10.5. The summed E-state index contributed by atoms with van der Waals surface area (Å²) in [6.07, 6.45) is -7.54. The number of nitrogens with zero attached hydrogens (tertiary/aromatic N) is 3. The fourth-order valence-corrected chi connectivity index (χ4v) is 3.51. The first-order chi connectivity index (χ1) is 17.3. The minimum atomic E-state index is -5.04. The van der Waals surface area contributed by atoms with Crippen LogP contribution in [0.15, 0.2) is 48.3 Å². The van der Waals surface area contributed by atoms with E-state index in [0.717, 1.165) is 6.92 Å². The lowest BCUT2D eigenvalue weighted by Crippen LogP contribution is -2.13. The molecule has 3 rings (SSSR count). The number of halogens is 6. The normalized spacial score (nSPS) is 12.6. The molecule has 0 aliphatic heterocycles. The van der Waals surface area contributed by atoms with E-state index in [2.05, 4.69) is 4.98 Å². The largest absolute Gasteiger partial charge is 0.462 e. The van der Waals surface area contributed by atoms with Gasteiger partial charge in [-0.05, 0) is 42.8 Å². The fourth-order valence-electron chi connectivity index (χ4n) is 3.51. The number of esters is 2. The molecule has 0 aliphatic carbocycles. The van der Waals surface area contributed by atoms with Crippen LogP contribution in [0, 0.1) is 11.3 Å². The number of hydrogen-bond acceptors (Lipinski definition) is 6. The molecule has 0 saturated heterocycles. The van der Waals surface area contributed by atoms with Crippen molar-refractivity contribution in [2.24, 2.45) is 0 Å². The molecule has 0 N–H and O–H groups in total. The number of carbonyl (C=O) groups is 2. The van der Waals surface area contributed by atoms with Crippen LogP contribution in [0.4, 0.5) is 26.3 Å². The zero-order chi connectivity index (χ0) is 27.5. The zero-order valence-electron chi connectivity index (χ0n) is 19.2. The number of ether oxygens (including phenoxy) is 2. The topological polar surface area (TPSA) is 94.2 Å². The molecule has 0 atom stereocenters. The summed E-state index contributed by atoms with van der Waals surface area (Å²) < 4.78 is 91.0. The molecule has 0 fully saturated rings. The number of benzene rings is 1. The van der Waals surface area contributed by atoms with Crippen LogP contribution in [0.3, 0.4) is 0 Å². The molecular formula is C24H17F6N3O4. The van der Waals surface area contributed by atoms with E-state index in [9.17, 15) is 41.2 Å². The van der Waals surface area contributed by atoms with Crippen molar-refractivity contribution in [3.63, 3.8) is 0 Å². The van der Waals surface area contributed by atoms with Gasteiger partial charge in [0.25, 0.3) is 0 Å². The summed E-state index contributed by atoms with van der Waals surface area (Å²) in [6.45, 7) is 1.89. The molecule has 1 aromatic carbocycles. The lowest BCUT2D eigenvalue weighted by molar-refractivity contribution is -0.143. The Bertz CT molecular complexity index is 1400. The highest BCUT2D eigenvalue weighted by Crippen LogP contribution is 2.37. The van der Waals surface area contributed by atoms with Crippen molar-refractivity contribution in [3.8, 4) is 6.07 Å². The molecule has 0 unspecified atom stereocenters. The summed E-state index contributed by atoms with van der Waals surface area (Å²) in [4.78, 5) is 28.2. The van der Waals surface area contributed by atoms with Gasteiger partial charge in [-0.3, -0.25) is 4.79 Å². The van der Waals surface area contributed by atoms with E-state index in [-0.39, 0.29) is 34.8 Å². The van der Waals surface area contributed by atoms with E-state index in [4.69, 9.17) is 9.47 Å². The van der Waals surface area contributed by atoms with Gasteiger partial charge in [0.15, 0.2) is 11.3 Å². The van der Waals surface area contributed by atoms with Crippen LogP contribution in [0.25, 0.3) is 16.8 Å². The zero-order valence-corrected chi connectivity index (χ0v) is 19.2. The van der Waals surface area contributed by atoms with Crippen LogP contribution >= 0.6 is 0 Å². The lowest BCUT2D eigenvalue weighted by Gasteiger charge is -2.15. The van der Waals surface area contributed by atoms with Crippen LogP contribution < -0.4 is 0 Å². The van der Waals surface area contributed by atoms with E-state index < -0.39 is 53.3 Å². The summed E-state index contributed by atoms with van der Waals surface area (Å²) in [6, 6.07) is 5.70. The Hall–Kier alpha value is -4.34. The highest BCUT2D eigenvalue weighted by atomic mass is 19.4. The number of pyridine rings is 1. The standard InChI is InChI=1S/C24H17F6N3O4/c1-3-36-22(35)18(10-31)20(37-13(2)34)19-12-33(21-17(19)5-4-6-32-21)11-14-7-15(23(25,26)27)9-16(8-14)24(28,29)30/h4-9,12H,3,11H2,1-2H3/b20-18-. The Kier molecular flexibility index (Phi) is 7.61. The second kappa shape index (κ2) is 10.3. The third-order valence-electron chi connectivity index (χ3n) is 4.94. The monoisotopic (exact) mass is 525 g/mol. The van der Waals surface area contributed by atoms with Gasteiger partial charge in [-0.25, -0.2) is 9.78 Å².